The molecule has 12 heteroatoms. The zero-order valence-corrected chi connectivity index (χ0v) is 25.1. The molecule has 4 aromatic carbocycles. The van der Waals surface area contributed by atoms with Gasteiger partial charge in [0.2, 0.25) is 0 Å². The first-order valence-electron chi connectivity index (χ1n) is 13.3. The number of nitrogen functional groups attached to an aromatic ring is 1. The second-order valence-electron chi connectivity index (χ2n) is 9.74. The topological polar surface area (TPSA) is 142 Å². The summed E-state index contributed by atoms with van der Waals surface area (Å²) in [6, 6.07) is 30.5. The molecular formula is C31H33N7O4S. The molecule has 43 heavy (non-hydrogen) atoms. The Morgan fingerprint density at radius 1 is 0.837 bits per heavy atom. The lowest BCUT2D eigenvalue weighted by Gasteiger charge is -2.11. The number of hydrogen-bond acceptors (Lipinski definition) is 9. The number of azo groups is 1. The van der Waals surface area contributed by atoms with Crippen LogP contribution in [0.4, 0.5) is 17.1 Å². The average molecular weight is 600 g/mol. The number of para-hydroxylation sites is 1. The Bertz CT molecular complexity index is 1770. The van der Waals surface area contributed by atoms with Crippen LogP contribution in [0.2, 0.25) is 0 Å². The molecule has 0 saturated heterocycles. The van der Waals surface area contributed by atoms with E-state index in [0.29, 0.717) is 17.9 Å². The van der Waals surface area contributed by atoms with Crippen molar-refractivity contribution in [1.29, 1.82) is 0 Å². The van der Waals surface area contributed by atoms with E-state index in [1.807, 2.05) is 116 Å². The molecular weight excluding hydrogens is 566 g/mol. The van der Waals surface area contributed by atoms with Crippen LogP contribution in [0.15, 0.2) is 118 Å². The standard InChI is InChI=1S/C17H19N4O.C14H15N3O3S/c1-13-19-20(14(2)21(13)18)12-15-8-10-17(11-9-15)22-16-6-4-3-5-7-16;1-17(2)13-7-3-11(4-8-13)15-16-12-5-9-14(10-6-12)21(18,19)20/h3-11H,12,18H2,1-2H3;3-10H,1-2H3,(H,18,19,20)/q+1;/p-1. The minimum absolute atomic E-state index is 0.281. The molecule has 0 atom stereocenters. The number of nitrogens with zero attached hydrogens (tertiary/aromatic N) is 6. The highest BCUT2D eigenvalue weighted by molar-refractivity contribution is 7.85. The summed E-state index contributed by atoms with van der Waals surface area (Å²) in [5.41, 5.74) is 3.35. The third-order valence-electron chi connectivity index (χ3n) is 6.34. The molecule has 0 aliphatic carbocycles. The Hall–Kier alpha value is -5.07. The number of ether oxygens (including phenoxy) is 1. The lowest BCUT2D eigenvalue weighted by Crippen LogP contribution is -2.48. The zero-order chi connectivity index (χ0) is 31.0. The Balaban J connectivity index is 0.000000197. The van der Waals surface area contributed by atoms with E-state index >= 15 is 0 Å². The number of aromatic nitrogens is 3. The van der Waals surface area contributed by atoms with Gasteiger partial charge in [-0.25, -0.2) is 8.42 Å². The Kier molecular flexibility index (Phi) is 9.86. The maximum atomic E-state index is 10.8. The van der Waals surface area contributed by atoms with Gasteiger partial charge in [0.15, 0.2) is 0 Å². The first-order chi connectivity index (χ1) is 20.5. The lowest BCUT2D eigenvalue weighted by molar-refractivity contribution is -0.652. The van der Waals surface area contributed by atoms with Gasteiger partial charge in [0.25, 0.3) is 11.6 Å². The number of anilines is 1. The fourth-order valence-corrected chi connectivity index (χ4v) is 4.35. The van der Waals surface area contributed by atoms with Gasteiger partial charge >= 0.3 is 0 Å². The van der Waals surface area contributed by atoms with E-state index in [1.165, 1.54) is 24.3 Å². The van der Waals surface area contributed by atoms with Crippen molar-refractivity contribution in [3.05, 3.63) is 120 Å². The molecule has 0 amide bonds. The van der Waals surface area contributed by atoms with E-state index in [2.05, 4.69) is 15.3 Å². The van der Waals surface area contributed by atoms with Crippen molar-refractivity contribution in [2.24, 2.45) is 10.2 Å². The van der Waals surface area contributed by atoms with E-state index < -0.39 is 10.1 Å². The largest absolute Gasteiger partial charge is 0.744 e. The van der Waals surface area contributed by atoms with Crippen molar-refractivity contribution in [3.8, 4) is 11.5 Å². The summed E-state index contributed by atoms with van der Waals surface area (Å²) in [6.07, 6.45) is 0. The molecule has 11 nitrogen and oxygen atoms in total. The van der Waals surface area contributed by atoms with Gasteiger partial charge in [0, 0.05) is 38.7 Å². The van der Waals surface area contributed by atoms with Crippen LogP contribution in [0.3, 0.4) is 0 Å². The van der Waals surface area contributed by atoms with Crippen LogP contribution in [-0.2, 0) is 16.7 Å². The molecule has 0 radical (unpaired) electrons. The quantitative estimate of drug-likeness (QED) is 0.109. The summed E-state index contributed by atoms with van der Waals surface area (Å²) in [5, 5.41) is 12.5. The van der Waals surface area contributed by atoms with Crippen LogP contribution in [0.5, 0.6) is 11.5 Å². The smallest absolute Gasteiger partial charge is 0.295 e. The van der Waals surface area contributed by atoms with Crippen LogP contribution >= 0.6 is 0 Å². The van der Waals surface area contributed by atoms with Gasteiger partial charge in [-0.3, -0.25) is 5.84 Å². The fraction of sp³-hybridized carbons (Fsp3) is 0.161. The minimum Gasteiger partial charge on any atom is -0.744 e. The van der Waals surface area contributed by atoms with Crippen molar-refractivity contribution in [3.63, 3.8) is 0 Å². The summed E-state index contributed by atoms with van der Waals surface area (Å²) in [6.45, 7) is 4.52. The zero-order valence-electron chi connectivity index (χ0n) is 24.3. The first kappa shape index (κ1) is 30.9. The molecule has 2 N–H and O–H groups in total. The van der Waals surface area contributed by atoms with Gasteiger partial charge in [0.1, 0.15) is 28.2 Å². The molecule has 0 bridgehead atoms. The van der Waals surface area contributed by atoms with E-state index in [-0.39, 0.29) is 4.90 Å². The fourth-order valence-electron chi connectivity index (χ4n) is 3.88. The lowest BCUT2D eigenvalue weighted by atomic mass is 10.2. The average Bonchev–Trinajstić information content (AvgIpc) is 3.24. The van der Waals surface area contributed by atoms with Crippen LogP contribution in [0.25, 0.3) is 0 Å². The summed E-state index contributed by atoms with van der Waals surface area (Å²) in [7, 11) is -0.533. The molecule has 0 unspecified atom stereocenters. The second-order valence-corrected chi connectivity index (χ2v) is 11.1. The van der Waals surface area contributed by atoms with Crippen molar-refractivity contribution < 1.29 is 22.4 Å². The molecule has 222 valence electrons. The molecule has 1 heterocycles. The minimum atomic E-state index is -4.43. The molecule has 0 aliphatic rings. The molecule has 5 aromatic rings. The van der Waals surface area contributed by atoms with Gasteiger partial charge in [-0.2, -0.15) is 10.2 Å². The van der Waals surface area contributed by atoms with Gasteiger partial charge in [-0.05, 0) is 78.4 Å². The first-order valence-corrected chi connectivity index (χ1v) is 14.7. The van der Waals surface area contributed by atoms with Crippen LogP contribution < -0.4 is 20.2 Å². The van der Waals surface area contributed by atoms with Crippen molar-refractivity contribution in [2.75, 3.05) is 24.8 Å². The molecule has 0 saturated carbocycles. The summed E-state index contributed by atoms with van der Waals surface area (Å²) in [5.74, 6) is 9.24. The van der Waals surface area contributed by atoms with Crippen molar-refractivity contribution in [1.82, 2.24) is 9.78 Å². The van der Waals surface area contributed by atoms with Gasteiger partial charge in [-0.15, -0.1) is 9.36 Å². The van der Waals surface area contributed by atoms with Gasteiger partial charge in [0.05, 0.1) is 16.3 Å². The maximum Gasteiger partial charge on any atom is 0.295 e. The molecule has 0 spiro atoms. The summed E-state index contributed by atoms with van der Waals surface area (Å²) >= 11 is 0. The SMILES string of the molecule is CN(C)c1ccc(N=Nc2ccc(S(=O)(=O)[O-])cc2)cc1.Cc1nn(Cc2ccc(Oc3ccccc3)cc2)c(C)[n+]1N. The van der Waals surface area contributed by atoms with Crippen molar-refractivity contribution >= 4 is 27.2 Å². The van der Waals surface area contributed by atoms with Crippen molar-refractivity contribution in [2.45, 2.75) is 25.3 Å². The number of hydrogen-bond donors (Lipinski definition) is 1. The van der Waals surface area contributed by atoms with E-state index in [9.17, 15) is 13.0 Å². The Morgan fingerprint density at radius 2 is 1.37 bits per heavy atom. The number of aryl methyl sites for hydroxylation is 1. The second kappa shape index (κ2) is 13.7. The predicted octanol–water partition coefficient (Wildman–Crippen LogP) is 5.41. The van der Waals surface area contributed by atoms with Crippen LogP contribution in [0, 0.1) is 13.8 Å². The van der Waals surface area contributed by atoms with E-state index in [4.69, 9.17) is 10.6 Å². The highest BCUT2D eigenvalue weighted by Crippen LogP contribution is 2.23. The highest BCUT2D eigenvalue weighted by atomic mass is 32.2. The Labute approximate surface area is 251 Å². The van der Waals surface area contributed by atoms with Gasteiger partial charge in [-0.1, -0.05) is 30.3 Å². The molecule has 0 aliphatic heterocycles. The van der Waals surface area contributed by atoms with Crippen LogP contribution in [0.1, 0.15) is 17.2 Å². The van der Waals surface area contributed by atoms with E-state index in [1.54, 1.807) is 4.68 Å². The van der Waals surface area contributed by atoms with Gasteiger partial charge < -0.3 is 14.2 Å². The van der Waals surface area contributed by atoms with Crippen LogP contribution in [-0.4, -0.2) is 36.8 Å². The molecule has 5 rings (SSSR count). The highest BCUT2D eigenvalue weighted by Gasteiger charge is 2.17. The number of benzene rings is 4. The summed E-state index contributed by atoms with van der Waals surface area (Å²) in [4.78, 5) is 1.69. The molecule has 0 fully saturated rings. The molecule has 1 aromatic heterocycles. The summed E-state index contributed by atoms with van der Waals surface area (Å²) < 4.78 is 41.7. The monoisotopic (exact) mass is 599 g/mol. The van der Waals surface area contributed by atoms with E-state index in [0.717, 1.165) is 34.4 Å². The normalized spacial score (nSPS) is 11.2. The predicted molar refractivity (Wildman–Crippen MR) is 163 cm³/mol. The third kappa shape index (κ3) is 8.71. The Morgan fingerprint density at radius 3 is 1.86 bits per heavy atom. The maximum absolute atomic E-state index is 10.8. The number of nitrogens with two attached hydrogens (primary N) is 1. The number of rotatable bonds is 8. The third-order valence-corrected chi connectivity index (χ3v) is 7.19.